The number of benzene rings is 2. The molecule has 4 heteroatoms. The summed E-state index contributed by atoms with van der Waals surface area (Å²) in [7, 11) is 0. The number of carbonyl (C=O) groups excluding carboxylic acids is 1. The van der Waals surface area contributed by atoms with E-state index < -0.39 is 11.9 Å². The molecule has 1 N–H and O–H groups in total. The number of para-hydroxylation sites is 2. The number of aromatic amines is 1. The Morgan fingerprint density at radius 3 is 2.59 bits per heavy atom. The van der Waals surface area contributed by atoms with Crippen molar-refractivity contribution < 1.29 is 13.9 Å². The van der Waals surface area contributed by atoms with Gasteiger partial charge in [0.15, 0.2) is 17.7 Å². The van der Waals surface area contributed by atoms with Gasteiger partial charge in [-0.3, -0.25) is 4.79 Å². The largest absolute Gasteiger partial charge is 0.479 e. The zero-order chi connectivity index (χ0) is 15.7. The summed E-state index contributed by atoms with van der Waals surface area (Å²) in [6.07, 6.45) is -0.769. The van der Waals surface area contributed by atoms with Gasteiger partial charge in [0.1, 0.15) is 0 Å². The molecule has 2 aromatic carbocycles. The highest BCUT2D eigenvalue weighted by molar-refractivity contribution is 6.11. The number of halogens is 1. The summed E-state index contributed by atoms with van der Waals surface area (Å²) in [5, 5.41) is 0.856. The van der Waals surface area contributed by atoms with Crippen LogP contribution in [-0.4, -0.2) is 16.9 Å². The molecule has 1 atom stereocenters. The average molecular weight is 297 g/mol. The number of hydrogen-bond acceptors (Lipinski definition) is 2. The van der Waals surface area contributed by atoms with E-state index in [-0.39, 0.29) is 11.5 Å². The number of H-pyrrole nitrogens is 1. The molecule has 0 saturated carbocycles. The number of Topliss-reactive ketones (excluding diaryl/α,β-unsaturated/α-hetero) is 1. The Morgan fingerprint density at radius 1 is 1.14 bits per heavy atom. The van der Waals surface area contributed by atoms with E-state index in [2.05, 4.69) is 4.98 Å². The van der Waals surface area contributed by atoms with Crippen molar-refractivity contribution in [3.8, 4) is 5.75 Å². The molecule has 3 rings (SSSR count). The van der Waals surface area contributed by atoms with Crippen molar-refractivity contribution >= 4 is 16.7 Å². The Balaban J connectivity index is 1.92. The minimum atomic E-state index is -0.769. The van der Waals surface area contributed by atoms with Gasteiger partial charge >= 0.3 is 0 Å². The monoisotopic (exact) mass is 297 g/mol. The van der Waals surface area contributed by atoms with E-state index in [0.29, 0.717) is 5.56 Å². The van der Waals surface area contributed by atoms with Crippen molar-refractivity contribution in [2.24, 2.45) is 0 Å². The summed E-state index contributed by atoms with van der Waals surface area (Å²) in [5.41, 5.74) is 2.29. The maximum atomic E-state index is 13.6. The summed E-state index contributed by atoms with van der Waals surface area (Å²) in [6.45, 7) is 3.49. The van der Waals surface area contributed by atoms with Crippen LogP contribution in [0, 0.1) is 12.7 Å². The zero-order valence-corrected chi connectivity index (χ0v) is 12.4. The van der Waals surface area contributed by atoms with E-state index >= 15 is 0 Å². The third kappa shape index (κ3) is 2.48. The van der Waals surface area contributed by atoms with Crippen molar-refractivity contribution in [1.29, 1.82) is 0 Å². The lowest BCUT2D eigenvalue weighted by molar-refractivity contribution is 0.0813. The number of nitrogens with one attached hydrogen (secondary N) is 1. The Morgan fingerprint density at radius 2 is 1.82 bits per heavy atom. The van der Waals surface area contributed by atoms with Gasteiger partial charge in [-0.1, -0.05) is 30.3 Å². The van der Waals surface area contributed by atoms with Gasteiger partial charge in [0, 0.05) is 22.2 Å². The van der Waals surface area contributed by atoms with E-state index in [1.54, 1.807) is 19.1 Å². The van der Waals surface area contributed by atoms with Gasteiger partial charge in [-0.15, -0.1) is 0 Å². The van der Waals surface area contributed by atoms with Gasteiger partial charge in [-0.2, -0.15) is 0 Å². The molecule has 0 aliphatic heterocycles. The molecule has 0 aliphatic carbocycles. The SMILES string of the molecule is Cc1[nH]c2ccccc2c1C(=O)[C@H](C)Oc1ccccc1F. The van der Waals surface area contributed by atoms with Crippen molar-refractivity contribution in [3.05, 3.63) is 65.6 Å². The van der Waals surface area contributed by atoms with Gasteiger partial charge in [-0.25, -0.2) is 4.39 Å². The first-order valence-corrected chi connectivity index (χ1v) is 7.10. The number of carbonyl (C=O) groups is 1. The van der Waals surface area contributed by atoms with Crippen LogP contribution < -0.4 is 4.74 Å². The molecule has 0 unspecified atom stereocenters. The molecule has 112 valence electrons. The molecule has 0 bridgehead atoms. The smallest absolute Gasteiger partial charge is 0.205 e. The number of rotatable bonds is 4. The van der Waals surface area contributed by atoms with Gasteiger partial charge in [-0.05, 0) is 32.0 Å². The van der Waals surface area contributed by atoms with Crippen LogP contribution in [0.4, 0.5) is 4.39 Å². The van der Waals surface area contributed by atoms with E-state index in [4.69, 9.17) is 4.74 Å². The van der Waals surface area contributed by atoms with Gasteiger partial charge in [0.2, 0.25) is 5.78 Å². The predicted octanol–water partition coefficient (Wildman–Crippen LogP) is 4.27. The maximum absolute atomic E-state index is 13.6. The normalized spacial score (nSPS) is 12.3. The van der Waals surface area contributed by atoms with Crippen LogP contribution in [0.25, 0.3) is 10.9 Å². The minimum absolute atomic E-state index is 0.0841. The summed E-state index contributed by atoms with van der Waals surface area (Å²) < 4.78 is 19.1. The Labute approximate surface area is 127 Å². The van der Waals surface area contributed by atoms with Crippen LogP contribution in [0.3, 0.4) is 0 Å². The fourth-order valence-corrected chi connectivity index (χ4v) is 2.58. The number of ether oxygens (including phenoxy) is 1. The Kier molecular flexibility index (Phi) is 3.67. The number of ketones is 1. The Hall–Kier alpha value is -2.62. The topological polar surface area (TPSA) is 42.1 Å². The summed E-state index contributed by atoms with van der Waals surface area (Å²) in [6, 6.07) is 13.7. The fourth-order valence-electron chi connectivity index (χ4n) is 2.58. The lowest BCUT2D eigenvalue weighted by Crippen LogP contribution is -2.24. The third-order valence-corrected chi connectivity index (χ3v) is 3.65. The second kappa shape index (κ2) is 5.64. The van der Waals surface area contributed by atoms with Crippen LogP contribution >= 0.6 is 0 Å². The molecule has 3 nitrogen and oxygen atoms in total. The maximum Gasteiger partial charge on any atom is 0.205 e. The number of hydrogen-bond donors (Lipinski definition) is 1. The van der Waals surface area contributed by atoms with Crippen molar-refractivity contribution in [2.75, 3.05) is 0 Å². The number of aryl methyl sites for hydroxylation is 1. The fraction of sp³-hybridized carbons (Fsp3) is 0.167. The molecule has 0 saturated heterocycles. The van der Waals surface area contributed by atoms with Gasteiger partial charge < -0.3 is 9.72 Å². The lowest BCUT2D eigenvalue weighted by Gasteiger charge is -2.14. The minimum Gasteiger partial charge on any atom is -0.479 e. The molecule has 0 amide bonds. The van der Waals surface area contributed by atoms with Crippen molar-refractivity contribution in [3.63, 3.8) is 0 Å². The van der Waals surface area contributed by atoms with Gasteiger partial charge in [0.05, 0.1) is 0 Å². The first kappa shape index (κ1) is 14.3. The molecule has 1 aromatic heterocycles. The van der Waals surface area contributed by atoms with Crippen LogP contribution in [-0.2, 0) is 0 Å². The molecule has 3 aromatic rings. The van der Waals surface area contributed by atoms with Crippen molar-refractivity contribution in [1.82, 2.24) is 4.98 Å². The summed E-state index contributed by atoms with van der Waals surface area (Å²) in [5.74, 6) is -0.558. The molecule has 22 heavy (non-hydrogen) atoms. The molecule has 0 fully saturated rings. The zero-order valence-electron chi connectivity index (χ0n) is 12.4. The highest BCUT2D eigenvalue weighted by Crippen LogP contribution is 2.25. The molecule has 1 heterocycles. The van der Waals surface area contributed by atoms with Crippen LogP contribution in [0.1, 0.15) is 23.0 Å². The van der Waals surface area contributed by atoms with Crippen LogP contribution in [0.15, 0.2) is 48.5 Å². The second-order valence-corrected chi connectivity index (χ2v) is 5.23. The van der Waals surface area contributed by atoms with Crippen LogP contribution in [0.2, 0.25) is 0 Å². The van der Waals surface area contributed by atoms with E-state index in [9.17, 15) is 9.18 Å². The van der Waals surface area contributed by atoms with E-state index in [1.807, 2.05) is 31.2 Å². The van der Waals surface area contributed by atoms with Crippen LogP contribution in [0.5, 0.6) is 5.75 Å². The Bertz CT molecular complexity index is 838. The molecule has 0 radical (unpaired) electrons. The lowest BCUT2D eigenvalue weighted by atomic mass is 10.0. The average Bonchev–Trinajstić information content (AvgIpc) is 2.84. The molecule has 0 spiro atoms. The molecular formula is C18H16FNO2. The third-order valence-electron chi connectivity index (χ3n) is 3.65. The highest BCUT2D eigenvalue weighted by Gasteiger charge is 2.23. The van der Waals surface area contributed by atoms with Crippen molar-refractivity contribution in [2.45, 2.75) is 20.0 Å². The molecule has 0 aliphatic rings. The quantitative estimate of drug-likeness (QED) is 0.731. The summed E-state index contributed by atoms with van der Waals surface area (Å²) in [4.78, 5) is 15.9. The standard InChI is InChI=1S/C18H16FNO2/c1-11-17(13-7-3-5-9-15(13)20-11)18(21)12(2)22-16-10-6-4-8-14(16)19/h3-10,12,20H,1-2H3/t12-/m0/s1. The highest BCUT2D eigenvalue weighted by atomic mass is 19.1. The second-order valence-electron chi connectivity index (χ2n) is 5.23. The summed E-state index contributed by atoms with van der Waals surface area (Å²) >= 11 is 0. The van der Waals surface area contributed by atoms with E-state index in [0.717, 1.165) is 16.6 Å². The predicted molar refractivity (Wildman–Crippen MR) is 83.9 cm³/mol. The first-order valence-electron chi connectivity index (χ1n) is 7.10. The van der Waals surface area contributed by atoms with E-state index in [1.165, 1.54) is 12.1 Å². The first-order chi connectivity index (χ1) is 10.6. The number of aromatic nitrogens is 1. The number of fused-ring (bicyclic) bond motifs is 1. The van der Waals surface area contributed by atoms with Gasteiger partial charge in [0.25, 0.3) is 0 Å². The molecular weight excluding hydrogens is 281 g/mol.